The minimum absolute atomic E-state index is 0.257. The van der Waals surface area contributed by atoms with Crippen LogP contribution in [-0.4, -0.2) is 31.6 Å². The van der Waals surface area contributed by atoms with Crippen LogP contribution < -0.4 is 0 Å². The lowest BCUT2D eigenvalue weighted by Gasteiger charge is -2.20. The third-order valence-corrected chi connectivity index (χ3v) is 5.14. The van der Waals surface area contributed by atoms with Crippen molar-refractivity contribution < 1.29 is 4.52 Å². The Morgan fingerprint density at radius 1 is 1.25 bits per heavy atom. The summed E-state index contributed by atoms with van der Waals surface area (Å²) in [5.74, 6) is 3.10. The van der Waals surface area contributed by atoms with Crippen molar-refractivity contribution in [2.75, 3.05) is 6.54 Å². The zero-order valence-corrected chi connectivity index (χ0v) is 14.0. The average molecular weight is 344 g/mol. The minimum Gasteiger partial charge on any atom is -0.341 e. The smallest absolute Gasteiger partial charge is 0.240 e. The molecule has 2 aromatic heterocycles. The van der Waals surface area contributed by atoms with Gasteiger partial charge < -0.3 is 9.51 Å². The normalized spacial score (nSPS) is 21.8. The van der Waals surface area contributed by atoms with E-state index in [2.05, 4.69) is 20.0 Å². The lowest BCUT2D eigenvalue weighted by Crippen LogP contribution is -2.23. The van der Waals surface area contributed by atoms with Gasteiger partial charge in [-0.15, -0.1) is 0 Å². The highest BCUT2D eigenvalue weighted by Gasteiger charge is 2.32. The van der Waals surface area contributed by atoms with E-state index in [0.717, 1.165) is 47.1 Å². The number of benzene rings is 1. The van der Waals surface area contributed by atoms with Gasteiger partial charge in [-0.2, -0.15) is 4.98 Å². The van der Waals surface area contributed by atoms with Gasteiger partial charge in [0.05, 0.1) is 23.6 Å². The molecule has 1 atom stereocenters. The Labute approximate surface area is 144 Å². The van der Waals surface area contributed by atoms with E-state index in [1.54, 1.807) is 0 Å². The van der Waals surface area contributed by atoms with Crippen molar-refractivity contribution in [2.45, 2.75) is 44.2 Å². The number of imidazole rings is 1. The van der Waals surface area contributed by atoms with E-state index in [-0.39, 0.29) is 6.04 Å². The molecule has 1 saturated heterocycles. The number of hydrogen-bond donors (Lipinski definition) is 1. The summed E-state index contributed by atoms with van der Waals surface area (Å²) in [7, 11) is 0. The van der Waals surface area contributed by atoms with E-state index in [1.165, 1.54) is 12.8 Å². The SMILES string of the molecule is Clc1ccc2nc(C3CCCN3Cc3nc(C4CC4)no3)[nH]c2c1. The molecule has 0 spiro atoms. The van der Waals surface area contributed by atoms with Crippen LogP contribution in [0.25, 0.3) is 11.0 Å². The predicted octanol–water partition coefficient (Wildman–Crippen LogP) is 3.81. The number of halogens is 1. The number of rotatable bonds is 4. The summed E-state index contributed by atoms with van der Waals surface area (Å²) in [5, 5.41) is 4.83. The fourth-order valence-electron chi connectivity index (χ4n) is 3.50. The van der Waals surface area contributed by atoms with Crippen LogP contribution in [0, 0.1) is 0 Å². The fraction of sp³-hybridized carbons (Fsp3) is 0.471. The maximum absolute atomic E-state index is 6.07. The van der Waals surface area contributed by atoms with Gasteiger partial charge in [0.25, 0.3) is 0 Å². The maximum atomic E-state index is 6.07. The van der Waals surface area contributed by atoms with Gasteiger partial charge in [0, 0.05) is 10.9 Å². The molecule has 1 aliphatic carbocycles. The van der Waals surface area contributed by atoms with Crippen LogP contribution in [0.4, 0.5) is 0 Å². The van der Waals surface area contributed by atoms with E-state index < -0.39 is 0 Å². The Balaban J connectivity index is 1.38. The van der Waals surface area contributed by atoms with Crippen LogP contribution in [0.15, 0.2) is 22.7 Å². The summed E-state index contributed by atoms with van der Waals surface area (Å²) in [4.78, 5) is 15.1. The quantitative estimate of drug-likeness (QED) is 0.779. The van der Waals surface area contributed by atoms with Crippen LogP contribution >= 0.6 is 11.6 Å². The molecule has 3 aromatic rings. The third kappa shape index (κ3) is 2.59. The van der Waals surface area contributed by atoms with Gasteiger partial charge in [0.1, 0.15) is 5.82 Å². The summed E-state index contributed by atoms with van der Waals surface area (Å²) in [6, 6.07) is 6.01. The van der Waals surface area contributed by atoms with E-state index in [1.807, 2.05) is 18.2 Å². The van der Waals surface area contributed by atoms with E-state index in [9.17, 15) is 0 Å². The second-order valence-electron chi connectivity index (χ2n) is 6.73. The van der Waals surface area contributed by atoms with E-state index in [4.69, 9.17) is 21.1 Å². The van der Waals surface area contributed by atoms with Crippen LogP contribution in [-0.2, 0) is 6.54 Å². The Bertz CT molecular complexity index is 884. The Morgan fingerprint density at radius 2 is 2.17 bits per heavy atom. The minimum atomic E-state index is 0.257. The monoisotopic (exact) mass is 343 g/mol. The third-order valence-electron chi connectivity index (χ3n) is 4.91. The average Bonchev–Trinajstić information content (AvgIpc) is 2.98. The molecule has 1 saturated carbocycles. The molecule has 1 aliphatic heterocycles. The van der Waals surface area contributed by atoms with Crippen molar-refractivity contribution in [3.63, 3.8) is 0 Å². The van der Waals surface area contributed by atoms with Gasteiger partial charge >= 0.3 is 0 Å². The van der Waals surface area contributed by atoms with Crippen LogP contribution in [0.5, 0.6) is 0 Å². The van der Waals surface area contributed by atoms with Crippen molar-refractivity contribution in [3.8, 4) is 0 Å². The van der Waals surface area contributed by atoms with Gasteiger partial charge in [-0.05, 0) is 50.4 Å². The summed E-state index contributed by atoms with van der Waals surface area (Å²) in [6.45, 7) is 1.70. The predicted molar refractivity (Wildman–Crippen MR) is 89.8 cm³/mol. The number of fused-ring (bicyclic) bond motifs is 1. The lowest BCUT2D eigenvalue weighted by molar-refractivity contribution is 0.207. The number of nitrogens with one attached hydrogen (secondary N) is 1. The fourth-order valence-corrected chi connectivity index (χ4v) is 3.67. The zero-order chi connectivity index (χ0) is 16.1. The topological polar surface area (TPSA) is 70.8 Å². The van der Waals surface area contributed by atoms with E-state index >= 15 is 0 Å². The van der Waals surface area contributed by atoms with Crippen LogP contribution in [0.1, 0.15) is 55.2 Å². The number of aromatic nitrogens is 4. The molecule has 0 radical (unpaired) electrons. The van der Waals surface area contributed by atoms with Crippen molar-refractivity contribution >= 4 is 22.6 Å². The molecule has 3 heterocycles. The molecule has 124 valence electrons. The largest absolute Gasteiger partial charge is 0.341 e. The number of likely N-dealkylation sites (tertiary alicyclic amines) is 1. The molecule has 24 heavy (non-hydrogen) atoms. The highest BCUT2D eigenvalue weighted by molar-refractivity contribution is 6.31. The first kappa shape index (κ1) is 14.4. The Hall–Kier alpha value is -1.92. The summed E-state index contributed by atoms with van der Waals surface area (Å²) >= 11 is 6.07. The van der Waals surface area contributed by atoms with Crippen molar-refractivity contribution in [1.82, 2.24) is 25.0 Å². The number of H-pyrrole nitrogens is 1. The molecule has 7 heteroatoms. The lowest BCUT2D eigenvalue weighted by atomic mass is 10.2. The maximum Gasteiger partial charge on any atom is 0.240 e. The summed E-state index contributed by atoms with van der Waals surface area (Å²) < 4.78 is 5.44. The first-order chi connectivity index (χ1) is 11.8. The van der Waals surface area contributed by atoms with Crippen molar-refractivity contribution in [2.24, 2.45) is 0 Å². The van der Waals surface area contributed by atoms with Gasteiger partial charge in [-0.3, -0.25) is 4.90 Å². The molecule has 2 aliphatic rings. The summed E-state index contributed by atoms with van der Waals surface area (Å²) in [5.41, 5.74) is 1.94. The standard InChI is InChI=1S/C17H18ClN5O/c18-11-5-6-12-13(8-11)20-17(19-12)14-2-1-7-23(14)9-15-21-16(22-24-15)10-3-4-10/h5-6,8,10,14H,1-4,7,9H2,(H,19,20). The molecule has 6 nitrogen and oxygen atoms in total. The van der Waals surface area contributed by atoms with Crippen molar-refractivity contribution in [1.29, 1.82) is 0 Å². The highest BCUT2D eigenvalue weighted by Crippen LogP contribution is 2.38. The second kappa shape index (κ2) is 5.57. The first-order valence-corrected chi connectivity index (χ1v) is 8.86. The number of hydrogen-bond acceptors (Lipinski definition) is 5. The molecule has 1 unspecified atom stereocenters. The molecule has 5 rings (SSSR count). The zero-order valence-electron chi connectivity index (χ0n) is 13.2. The highest BCUT2D eigenvalue weighted by atomic mass is 35.5. The van der Waals surface area contributed by atoms with Crippen LogP contribution in [0.2, 0.25) is 5.02 Å². The Morgan fingerprint density at radius 3 is 3.04 bits per heavy atom. The number of aromatic amines is 1. The summed E-state index contributed by atoms with van der Waals surface area (Å²) in [6.07, 6.45) is 4.60. The molecule has 0 amide bonds. The second-order valence-corrected chi connectivity index (χ2v) is 7.17. The van der Waals surface area contributed by atoms with Crippen LogP contribution in [0.3, 0.4) is 0 Å². The van der Waals surface area contributed by atoms with Crippen molar-refractivity contribution in [3.05, 3.63) is 40.8 Å². The molecule has 1 N–H and O–H groups in total. The van der Waals surface area contributed by atoms with Gasteiger partial charge in [-0.1, -0.05) is 16.8 Å². The molecule has 1 aromatic carbocycles. The van der Waals surface area contributed by atoms with Gasteiger partial charge in [-0.25, -0.2) is 4.98 Å². The molecule has 0 bridgehead atoms. The first-order valence-electron chi connectivity index (χ1n) is 8.48. The van der Waals surface area contributed by atoms with E-state index in [0.29, 0.717) is 18.4 Å². The Kier molecular flexibility index (Phi) is 3.35. The number of nitrogens with zero attached hydrogens (tertiary/aromatic N) is 4. The van der Waals surface area contributed by atoms with Gasteiger partial charge in [0.15, 0.2) is 5.82 Å². The molecular formula is C17H18ClN5O. The molecule has 2 fully saturated rings. The van der Waals surface area contributed by atoms with Gasteiger partial charge in [0.2, 0.25) is 5.89 Å². The molecular weight excluding hydrogens is 326 g/mol.